The Morgan fingerprint density at radius 2 is 1.93 bits per heavy atom. The molecule has 0 saturated heterocycles. The second-order valence-corrected chi connectivity index (χ2v) is 7.20. The van der Waals surface area contributed by atoms with E-state index in [1.807, 2.05) is 37.5 Å². The molecule has 1 heterocycles. The van der Waals surface area contributed by atoms with E-state index in [9.17, 15) is 14.7 Å². The van der Waals surface area contributed by atoms with Crippen LogP contribution in [0.25, 0.3) is 0 Å². The van der Waals surface area contributed by atoms with Crippen LogP contribution in [0.3, 0.4) is 0 Å². The highest BCUT2D eigenvalue weighted by Gasteiger charge is 2.24. The number of aryl methyl sites for hydroxylation is 2. The van der Waals surface area contributed by atoms with E-state index in [1.165, 1.54) is 0 Å². The standard InChI is InChI=1S/C19H25ClN4O3/c1-12-17(13(2)24(4)22-12)11-23(3)10-14(19(26)27)9-18(25)21-16-7-5-15(20)6-8-16/h5-8,14H,9-11H2,1-4H3,(H,21,25)(H,26,27)/t14-/m1/s1. The maximum absolute atomic E-state index is 12.2. The lowest BCUT2D eigenvalue weighted by Gasteiger charge is -2.21. The fourth-order valence-electron chi connectivity index (χ4n) is 2.96. The van der Waals surface area contributed by atoms with Crippen LogP contribution in [0.1, 0.15) is 23.4 Å². The molecule has 0 unspecified atom stereocenters. The van der Waals surface area contributed by atoms with E-state index >= 15 is 0 Å². The van der Waals surface area contributed by atoms with Gasteiger partial charge in [-0.2, -0.15) is 5.10 Å². The molecule has 0 bridgehead atoms. The lowest BCUT2D eigenvalue weighted by atomic mass is 10.0. The van der Waals surface area contributed by atoms with Crippen molar-refractivity contribution < 1.29 is 14.7 Å². The van der Waals surface area contributed by atoms with Crippen LogP contribution in [0.4, 0.5) is 5.69 Å². The van der Waals surface area contributed by atoms with E-state index in [1.54, 1.807) is 24.3 Å². The summed E-state index contributed by atoms with van der Waals surface area (Å²) < 4.78 is 1.81. The summed E-state index contributed by atoms with van der Waals surface area (Å²) in [5.41, 5.74) is 3.64. The molecule has 8 heteroatoms. The molecule has 0 aliphatic rings. The molecular formula is C19H25ClN4O3. The number of halogens is 1. The number of carboxylic acids is 1. The summed E-state index contributed by atoms with van der Waals surface area (Å²) in [5, 5.41) is 17.2. The molecule has 0 aliphatic carbocycles. The van der Waals surface area contributed by atoms with Gasteiger partial charge in [0.2, 0.25) is 5.91 Å². The molecule has 2 rings (SSSR count). The lowest BCUT2D eigenvalue weighted by Crippen LogP contribution is -2.33. The Labute approximate surface area is 163 Å². The maximum atomic E-state index is 12.2. The third kappa shape index (κ3) is 5.80. The van der Waals surface area contributed by atoms with Gasteiger partial charge in [-0.1, -0.05) is 11.6 Å². The van der Waals surface area contributed by atoms with Crippen molar-refractivity contribution >= 4 is 29.2 Å². The molecule has 0 saturated carbocycles. The van der Waals surface area contributed by atoms with Gasteiger partial charge in [0, 0.05) is 48.5 Å². The highest BCUT2D eigenvalue weighted by molar-refractivity contribution is 6.30. The number of benzene rings is 1. The molecule has 1 aromatic heterocycles. The first-order valence-electron chi connectivity index (χ1n) is 8.63. The van der Waals surface area contributed by atoms with Gasteiger partial charge in [-0.05, 0) is 45.2 Å². The largest absolute Gasteiger partial charge is 0.481 e. The zero-order valence-electron chi connectivity index (χ0n) is 16.0. The molecule has 0 radical (unpaired) electrons. The second kappa shape index (κ2) is 9.01. The molecular weight excluding hydrogens is 368 g/mol. The van der Waals surface area contributed by atoms with Crippen molar-refractivity contribution in [2.45, 2.75) is 26.8 Å². The van der Waals surface area contributed by atoms with Crippen LogP contribution in [0, 0.1) is 19.8 Å². The third-order valence-electron chi connectivity index (χ3n) is 4.53. The van der Waals surface area contributed by atoms with Crippen molar-refractivity contribution in [2.24, 2.45) is 13.0 Å². The minimum atomic E-state index is -0.993. The van der Waals surface area contributed by atoms with Gasteiger partial charge in [-0.15, -0.1) is 0 Å². The fraction of sp³-hybridized carbons (Fsp3) is 0.421. The Bertz CT molecular complexity index is 817. The van der Waals surface area contributed by atoms with Crippen LogP contribution in [0.5, 0.6) is 0 Å². The van der Waals surface area contributed by atoms with Crippen molar-refractivity contribution in [2.75, 3.05) is 18.9 Å². The molecule has 0 aliphatic heterocycles. The van der Waals surface area contributed by atoms with Gasteiger partial charge in [0.25, 0.3) is 0 Å². The molecule has 27 heavy (non-hydrogen) atoms. The van der Waals surface area contributed by atoms with Gasteiger partial charge in [0.15, 0.2) is 0 Å². The van der Waals surface area contributed by atoms with Gasteiger partial charge in [-0.3, -0.25) is 14.3 Å². The lowest BCUT2D eigenvalue weighted by molar-refractivity contribution is -0.144. The van der Waals surface area contributed by atoms with E-state index in [-0.39, 0.29) is 18.9 Å². The monoisotopic (exact) mass is 392 g/mol. The Hall–Kier alpha value is -2.38. The Balaban J connectivity index is 1.96. The SMILES string of the molecule is Cc1nn(C)c(C)c1CN(C)C[C@@H](CC(=O)Nc1ccc(Cl)cc1)C(=O)O. The van der Waals surface area contributed by atoms with Crippen LogP contribution < -0.4 is 5.32 Å². The van der Waals surface area contributed by atoms with Gasteiger partial charge in [0.1, 0.15) is 0 Å². The number of anilines is 1. The fourth-order valence-corrected chi connectivity index (χ4v) is 3.08. The number of nitrogens with zero attached hydrogens (tertiary/aromatic N) is 3. The van der Waals surface area contributed by atoms with Gasteiger partial charge in [-0.25, -0.2) is 0 Å². The average Bonchev–Trinajstić information content (AvgIpc) is 2.82. The van der Waals surface area contributed by atoms with Crippen molar-refractivity contribution in [3.63, 3.8) is 0 Å². The number of amides is 1. The molecule has 1 amide bonds. The molecule has 1 atom stereocenters. The Morgan fingerprint density at radius 1 is 1.30 bits per heavy atom. The number of hydrogen-bond donors (Lipinski definition) is 2. The molecule has 2 N–H and O–H groups in total. The summed E-state index contributed by atoms with van der Waals surface area (Å²) in [6, 6.07) is 6.68. The minimum absolute atomic E-state index is 0.104. The number of nitrogens with one attached hydrogen (secondary N) is 1. The van der Waals surface area contributed by atoms with Crippen molar-refractivity contribution in [3.8, 4) is 0 Å². The van der Waals surface area contributed by atoms with E-state index in [2.05, 4.69) is 10.4 Å². The molecule has 2 aromatic rings. The Kier molecular flexibility index (Phi) is 6.98. The first-order valence-corrected chi connectivity index (χ1v) is 9.01. The number of carbonyl (C=O) groups is 2. The number of hydrogen-bond acceptors (Lipinski definition) is 4. The first kappa shape index (κ1) is 20.9. The zero-order valence-corrected chi connectivity index (χ0v) is 16.7. The zero-order chi connectivity index (χ0) is 20.1. The van der Waals surface area contributed by atoms with Crippen molar-refractivity contribution in [3.05, 3.63) is 46.2 Å². The van der Waals surface area contributed by atoms with E-state index < -0.39 is 11.9 Å². The van der Waals surface area contributed by atoms with Crippen LogP contribution >= 0.6 is 11.6 Å². The second-order valence-electron chi connectivity index (χ2n) is 6.76. The predicted molar refractivity (Wildman–Crippen MR) is 105 cm³/mol. The summed E-state index contributed by atoms with van der Waals surface area (Å²) in [6.07, 6.45) is -0.104. The van der Waals surface area contributed by atoms with Crippen molar-refractivity contribution in [1.29, 1.82) is 0 Å². The summed E-state index contributed by atoms with van der Waals surface area (Å²) in [5.74, 6) is -2.14. The first-order chi connectivity index (χ1) is 12.7. The smallest absolute Gasteiger partial charge is 0.308 e. The average molecular weight is 393 g/mol. The van der Waals surface area contributed by atoms with Gasteiger partial charge < -0.3 is 15.3 Å². The number of carboxylic acid groups (broad SMARTS) is 1. The van der Waals surface area contributed by atoms with Crippen molar-refractivity contribution in [1.82, 2.24) is 14.7 Å². The maximum Gasteiger partial charge on any atom is 0.308 e. The highest BCUT2D eigenvalue weighted by Crippen LogP contribution is 2.17. The molecule has 146 valence electrons. The number of rotatable bonds is 8. The topological polar surface area (TPSA) is 87.5 Å². The minimum Gasteiger partial charge on any atom is -0.481 e. The van der Waals surface area contributed by atoms with E-state index in [0.29, 0.717) is 17.3 Å². The summed E-state index contributed by atoms with van der Waals surface area (Å²) in [7, 11) is 3.73. The van der Waals surface area contributed by atoms with Crippen LogP contribution in [-0.4, -0.2) is 45.3 Å². The summed E-state index contributed by atoms with van der Waals surface area (Å²) in [6.45, 7) is 4.76. The summed E-state index contributed by atoms with van der Waals surface area (Å²) in [4.78, 5) is 25.7. The highest BCUT2D eigenvalue weighted by atomic mass is 35.5. The third-order valence-corrected chi connectivity index (χ3v) is 4.78. The van der Waals surface area contributed by atoms with Gasteiger partial charge in [0.05, 0.1) is 11.6 Å². The molecule has 7 nitrogen and oxygen atoms in total. The van der Waals surface area contributed by atoms with Crippen LogP contribution in [0.15, 0.2) is 24.3 Å². The van der Waals surface area contributed by atoms with E-state index in [0.717, 1.165) is 17.0 Å². The Morgan fingerprint density at radius 3 is 2.44 bits per heavy atom. The quantitative estimate of drug-likeness (QED) is 0.721. The number of aromatic nitrogens is 2. The predicted octanol–water partition coefficient (Wildman–Crippen LogP) is 2.85. The summed E-state index contributed by atoms with van der Waals surface area (Å²) >= 11 is 5.82. The van der Waals surface area contributed by atoms with Crippen LogP contribution in [0.2, 0.25) is 5.02 Å². The molecule has 0 fully saturated rings. The number of carbonyl (C=O) groups excluding carboxylic acids is 1. The normalized spacial score (nSPS) is 12.2. The molecule has 1 aromatic carbocycles. The molecule has 0 spiro atoms. The van der Waals surface area contributed by atoms with E-state index in [4.69, 9.17) is 11.6 Å². The number of aliphatic carboxylic acids is 1. The van der Waals surface area contributed by atoms with Crippen LogP contribution in [-0.2, 0) is 23.2 Å². The van der Waals surface area contributed by atoms with Gasteiger partial charge >= 0.3 is 5.97 Å².